The molecule has 0 atom stereocenters. The van der Waals surface area contributed by atoms with Crippen LogP contribution in [-0.4, -0.2) is 53.3 Å². The smallest absolute Gasteiger partial charge is 0.324 e. The molecule has 0 aliphatic carbocycles. The van der Waals surface area contributed by atoms with Gasteiger partial charge in [-0.2, -0.15) is 0 Å². The molecule has 0 spiro atoms. The van der Waals surface area contributed by atoms with E-state index in [2.05, 4.69) is 5.32 Å². The maximum absolute atomic E-state index is 12.7. The summed E-state index contributed by atoms with van der Waals surface area (Å²) in [6.45, 7) is 1.73. The maximum Gasteiger partial charge on any atom is 0.324 e. The van der Waals surface area contributed by atoms with Gasteiger partial charge < -0.3 is 15.0 Å². The van der Waals surface area contributed by atoms with E-state index in [4.69, 9.17) is 4.74 Å². The molecule has 0 unspecified atom stereocenters. The van der Waals surface area contributed by atoms with Crippen LogP contribution < -0.4 is 10.1 Å². The maximum atomic E-state index is 12.7. The van der Waals surface area contributed by atoms with Gasteiger partial charge in [0.25, 0.3) is 0 Å². The van der Waals surface area contributed by atoms with Gasteiger partial charge in [-0.1, -0.05) is 42.5 Å². The Morgan fingerprint density at radius 1 is 1.00 bits per heavy atom. The van der Waals surface area contributed by atoms with E-state index in [0.717, 1.165) is 16.9 Å². The van der Waals surface area contributed by atoms with E-state index >= 15 is 0 Å². The fourth-order valence-corrected chi connectivity index (χ4v) is 4.12. The van der Waals surface area contributed by atoms with E-state index in [1.54, 1.807) is 0 Å². The van der Waals surface area contributed by atoms with Crippen molar-refractivity contribution in [3.63, 3.8) is 0 Å². The normalized spacial score (nSPS) is 17.0. The monoisotopic (exact) mass is 421 g/mol. The van der Waals surface area contributed by atoms with Crippen molar-refractivity contribution in [3.05, 3.63) is 65.7 Å². The Hall–Kier alpha value is -3.35. The van der Waals surface area contributed by atoms with E-state index in [1.165, 1.54) is 4.90 Å². The van der Waals surface area contributed by atoms with Crippen LogP contribution in [-0.2, 0) is 22.6 Å². The number of aryl methyl sites for hydroxylation is 1. The number of carbonyl (C=O) groups is 3. The third-order valence-electron chi connectivity index (χ3n) is 5.83. The van der Waals surface area contributed by atoms with Gasteiger partial charge >= 0.3 is 6.03 Å². The van der Waals surface area contributed by atoms with Crippen LogP contribution in [0.1, 0.15) is 30.4 Å². The first kappa shape index (κ1) is 20.9. The van der Waals surface area contributed by atoms with Crippen molar-refractivity contribution in [2.45, 2.75) is 38.3 Å². The van der Waals surface area contributed by atoms with Crippen LogP contribution in [0.15, 0.2) is 54.6 Å². The van der Waals surface area contributed by atoms with Crippen LogP contribution in [0.3, 0.4) is 0 Å². The Morgan fingerprint density at radius 3 is 2.45 bits per heavy atom. The van der Waals surface area contributed by atoms with Gasteiger partial charge in [-0.25, -0.2) is 4.79 Å². The highest BCUT2D eigenvalue weighted by Gasteiger charge is 2.37. The van der Waals surface area contributed by atoms with Gasteiger partial charge in [0, 0.05) is 25.6 Å². The first-order chi connectivity index (χ1) is 15.1. The third kappa shape index (κ3) is 5.23. The number of hydrogen-bond donors (Lipinski definition) is 1. The highest BCUT2D eigenvalue weighted by Crippen LogP contribution is 2.21. The van der Waals surface area contributed by atoms with Crippen molar-refractivity contribution in [2.24, 2.45) is 0 Å². The number of nitrogens with zero attached hydrogens (tertiary/aromatic N) is 2. The number of amides is 4. The molecule has 7 heteroatoms. The first-order valence-corrected chi connectivity index (χ1v) is 10.7. The highest BCUT2D eigenvalue weighted by molar-refractivity contribution is 6.02. The summed E-state index contributed by atoms with van der Waals surface area (Å²) in [5.41, 5.74) is 2.17. The third-order valence-corrected chi connectivity index (χ3v) is 5.83. The number of nitrogens with one attached hydrogen (secondary N) is 1. The topological polar surface area (TPSA) is 79.0 Å². The molecule has 2 aliphatic heterocycles. The molecule has 2 aliphatic rings. The summed E-state index contributed by atoms with van der Waals surface area (Å²) in [4.78, 5) is 39.5. The number of ether oxygens (including phenoxy) is 1. The Morgan fingerprint density at radius 2 is 1.74 bits per heavy atom. The lowest BCUT2D eigenvalue weighted by Gasteiger charge is -2.35. The minimum absolute atomic E-state index is 0.0755. The van der Waals surface area contributed by atoms with Crippen molar-refractivity contribution in [1.29, 1.82) is 0 Å². The van der Waals surface area contributed by atoms with Crippen LogP contribution in [0.5, 0.6) is 5.75 Å². The number of carbonyl (C=O) groups excluding carboxylic acids is 3. The summed E-state index contributed by atoms with van der Waals surface area (Å²) >= 11 is 0. The molecule has 2 aromatic rings. The largest absolute Gasteiger partial charge is 0.489 e. The van der Waals surface area contributed by atoms with Gasteiger partial charge in [0.05, 0.1) is 6.54 Å². The van der Waals surface area contributed by atoms with E-state index < -0.39 is 0 Å². The molecule has 162 valence electrons. The highest BCUT2D eigenvalue weighted by atomic mass is 16.5. The van der Waals surface area contributed by atoms with Crippen molar-refractivity contribution in [1.82, 2.24) is 15.1 Å². The fourth-order valence-electron chi connectivity index (χ4n) is 4.12. The zero-order valence-electron chi connectivity index (χ0n) is 17.5. The van der Waals surface area contributed by atoms with E-state index in [0.29, 0.717) is 45.4 Å². The molecule has 0 radical (unpaired) electrons. The van der Waals surface area contributed by atoms with Crippen LogP contribution in [0.4, 0.5) is 4.79 Å². The molecule has 4 rings (SSSR count). The summed E-state index contributed by atoms with van der Waals surface area (Å²) in [6, 6.07) is 17.4. The van der Waals surface area contributed by atoms with Crippen LogP contribution in [0, 0.1) is 0 Å². The molecule has 2 heterocycles. The SMILES string of the molecule is O=C(CCc1cccc(OCc2ccccc2)c1)N1CCC(N2C(=O)CNC2=O)CC1. The van der Waals surface area contributed by atoms with Gasteiger partial charge in [0.2, 0.25) is 11.8 Å². The van der Waals surface area contributed by atoms with E-state index in [9.17, 15) is 14.4 Å². The Labute approximate surface area is 182 Å². The van der Waals surface area contributed by atoms with Gasteiger partial charge in [-0.05, 0) is 42.5 Å². The summed E-state index contributed by atoms with van der Waals surface area (Å²) in [7, 11) is 0. The van der Waals surface area contributed by atoms with Crippen LogP contribution >= 0.6 is 0 Å². The Kier molecular flexibility index (Phi) is 6.50. The summed E-state index contributed by atoms with van der Waals surface area (Å²) in [5.74, 6) is 0.721. The number of imide groups is 1. The Bertz CT molecular complexity index is 923. The van der Waals surface area contributed by atoms with E-state index in [-0.39, 0.29) is 30.4 Å². The molecular weight excluding hydrogens is 394 g/mol. The minimum atomic E-state index is -0.316. The van der Waals surface area contributed by atoms with Crippen molar-refractivity contribution < 1.29 is 19.1 Å². The first-order valence-electron chi connectivity index (χ1n) is 10.7. The number of piperidine rings is 1. The lowest BCUT2D eigenvalue weighted by molar-refractivity contribution is -0.133. The number of rotatable bonds is 7. The zero-order chi connectivity index (χ0) is 21.6. The minimum Gasteiger partial charge on any atom is -0.489 e. The van der Waals surface area contributed by atoms with Gasteiger partial charge in [-0.3, -0.25) is 14.5 Å². The second kappa shape index (κ2) is 9.64. The second-order valence-corrected chi connectivity index (χ2v) is 7.96. The summed E-state index contributed by atoms with van der Waals surface area (Å²) < 4.78 is 5.87. The van der Waals surface area contributed by atoms with Crippen molar-refractivity contribution in [2.75, 3.05) is 19.6 Å². The summed E-state index contributed by atoms with van der Waals surface area (Å²) in [6.07, 6.45) is 2.34. The fraction of sp³-hybridized carbons (Fsp3) is 0.375. The molecule has 1 N–H and O–H groups in total. The zero-order valence-corrected chi connectivity index (χ0v) is 17.5. The predicted molar refractivity (Wildman–Crippen MR) is 115 cm³/mol. The van der Waals surface area contributed by atoms with E-state index in [1.807, 2.05) is 59.5 Å². The van der Waals surface area contributed by atoms with Crippen LogP contribution in [0.25, 0.3) is 0 Å². The lowest BCUT2D eigenvalue weighted by Crippen LogP contribution is -2.49. The predicted octanol–water partition coefficient (Wildman–Crippen LogP) is 2.74. The number of hydrogen-bond acceptors (Lipinski definition) is 4. The molecule has 0 saturated carbocycles. The molecule has 7 nitrogen and oxygen atoms in total. The van der Waals surface area contributed by atoms with Crippen molar-refractivity contribution in [3.8, 4) is 5.75 Å². The molecular formula is C24H27N3O4. The van der Waals surface area contributed by atoms with Gasteiger partial charge in [0.15, 0.2) is 0 Å². The standard InChI is InChI=1S/C24H27N3O4/c28-22(26-13-11-20(12-14-26)27-23(29)16-25-24(27)30)10-9-18-7-4-8-21(15-18)31-17-19-5-2-1-3-6-19/h1-8,15,20H,9-14,16-17H2,(H,25,30). The number of benzene rings is 2. The van der Waals surface area contributed by atoms with Crippen molar-refractivity contribution >= 4 is 17.8 Å². The summed E-state index contributed by atoms with van der Waals surface area (Å²) in [5, 5.41) is 2.56. The van der Waals surface area contributed by atoms with Gasteiger partial charge in [-0.15, -0.1) is 0 Å². The quantitative estimate of drug-likeness (QED) is 0.698. The number of urea groups is 1. The molecule has 0 aromatic heterocycles. The molecule has 2 aromatic carbocycles. The molecule has 4 amide bonds. The van der Waals surface area contributed by atoms with Crippen LogP contribution in [0.2, 0.25) is 0 Å². The average Bonchev–Trinajstić information content (AvgIpc) is 3.15. The number of likely N-dealkylation sites (tertiary alicyclic amines) is 1. The second-order valence-electron chi connectivity index (χ2n) is 7.96. The average molecular weight is 421 g/mol. The van der Waals surface area contributed by atoms with Gasteiger partial charge in [0.1, 0.15) is 12.4 Å². The molecule has 2 fully saturated rings. The molecule has 0 bridgehead atoms. The lowest BCUT2D eigenvalue weighted by atomic mass is 10.0. The molecule has 31 heavy (non-hydrogen) atoms. The molecule has 2 saturated heterocycles. The Balaban J connectivity index is 1.24.